The maximum atomic E-state index is 13.9. The van der Waals surface area contributed by atoms with E-state index in [4.69, 9.17) is 45.0 Å². The molecule has 0 saturated carbocycles. The number of amides is 3. The van der Waals surface area contributed by atoms with Gasteiger partial charge in [-0.2, -0.15) is 0 Å². The Balaban J connectivity index is 2.56. The Morgan fingerprint density at radius 3 is 2.35 bits per heavy atom. The Hall–Kier alpha value is -2.12. The molecule has 26 heavy (non-hydrogen) atoms. The van der Waals surface area contributed by atoms with E-state index >= 15 is 0 Å². The van der Waals surface area contributed by atoms with Crippen LogP contribution in [0.25, 0.3) is 0 Å². The summed E-state index contributed by atoms with van der Waals surface area (Å²) in [6.07, 6.45) is -0.291. The van der Waals surface area contributed by atoms with Gasteiger partial charge in [0.15, 0.2) is 0 Å². The normalized spacial score (nSPS) is 21.9. The molecule has 3 amide bonds. The van der Waals surface area contributed by atoms with E-state index in [1.807, 2.05) is 5.32 Å². The first kappa shape index (κ1) is 20.2. The molecule has 10 radical (unpaired) electrons. The molecule has 1 atom stereocenters. The summed E-state index contributed by atoms with van der Waals surface area (Å²) in [4.78, 5) is 36.3. The van der Waals surface area contributed by atoms with E-state index in [9.17, 15) is 18.8 Å². The lowest BCUT2D eigenvalue weighted by Crippen LogP contribution is -2.70. The van der Waals surface area contributed by atoms with Crippen molar-refractivity contribution >= 4 is 74.1 Å². The number of carbonyl (C=O) groups is 3. The minimum atomic E-state index is -2.28. The molecule has 3 N–H and O–H groups in total. The Morgan fingerprint density at radius 2 is 1.85 bits per heavy atom. The van der Waals surface area contributed by atoms with Crippen LogP contribution in [0.5, 0.6) is 0 Å². The summed E-state index contributed by atoms with van der Waals surface area (Å²) in [6.45, 7) is 1.06. The summed E-state index contributed by atoms with van der Waals surface area (Å²) in [5.74, 6) is -2.69. The van der Waals surface area contributed by atoms with E-state index in [2.05, 4.69) is 0 Å². The predicted molar refractivity (Wildman–Crippen MR) is 98.4 cm³/mol. The van der Waals surface area contributed by atoms with Crippen molar-refractivity contribution in [2.75, 3.05) is 5.73 Å². The van der Waals surface area contributed by atoms with Gasteiger partial charge in [0, 0.05) is 18.7 Å². The number of rotatable bonds is 4. The van der Waals surface area contributed by atoms with E-state index in [0.29, 0.717) is 0 Å². The number of nitrogens with one attached hydrogen (secondary N) is 1. The molecular weight excluding hydrogens is 331 g/mol. The molecule has 0 spiro atoms. The standard InChI is InChI=1S/C14H11B5FN3O3/c1-5-6(11(21)9(16)10(20)8(5)15)3-23(4-24)14(19)12(26)22-7(25)2-13(14,17)18/h4H,2-3,21H2,1H3,(H,22,25,26). The molecule has 0 aromatic heterocycles. The van der Waals surface area contributed by atoms with Crippen molar-refractivity contribution in [2.24, 2.45) is 0 Å². The van der Waals surface area contributed by atoms with Gasteiger partial charge < -0.3 is 10.6 Å². The van der Waals surface area contributed by atoms with E-state index in [1.54, 1.807) is 0 Å². The molecule has 6 nitrogen and oxygen atoms in total. The van der Waals surface area contributed by atoms with Gasteiger partial charge >= 0.3 is 0 Å². The van der Waals surface area contributed by atoms with Gasteiger partial charge in [-0.05, 0) is 23.5 Å². The minimum absolute atomic E-state index is 0.166. The van der Waals surface area contributed by atoms with Crippen molar-refractivity contribution < 1.29 is 18.8 Å². The molecule has 1 aromatic carbocycles. The third kappa shape index (κ3) is 2.85. The van der Waals surface area contributed by atoms with Gasteiger partial charge in [0.2, 0.25) is 18.2 Å². The number of piperidine rings is 1. The van der Waals surface area contributed by atoms with Gasteiger partial charge in [-0.3, -0.25) is 19.7 Å². The fourth-order valence-electron chi connectivity index (χ4n) is 2.85. The minimum Gasteiger partial charge on any atom is -0.399 e. The molecule has 122 valence electrons. The third-order valence-electron chi connectivity index (χ3n) is 4.62. The Kier molecular flexibility index (Phi) is 5.09. The van der Waals surface area contributed by atoms with Crippen LogP contribution >= 0.6 is 0 Å². The fourth-order valence-corrected chi connectivity index (χ4v) is 2.85. The van der Waals surface area contributed by atoms with Crippen molar-refractivity contribution in [2.45, 2.75) is 30.5 Å². The number of nitrogen functional groups attached to an aromatic ring is 1. The zero-order chi connectivity index (χ0) is 20.0. The molecule has 1 heterocycles. The lowest BCUT2D eigenvalue weighted by Gasteiger charge is -2.52. The number of hydrogen-bond acceptors (Lipinski definition) is 4. The highest BCUT2D eigenvalue weighted by molar-refractivity contribution is 6.52. The summed E-state index contributed by atoms with van der Waals surface area (Å²) in [5, 5.41) is -0.0793. The number of halogens is 1. The summed E-state index contributed by atoms with van der Waals surface area (Å²) in [6, 6.07) is 0. The van der Waals surface area contributed by atoms with E-state index in [1.165, 1.54) is 6.92 Å². The molecule has 12 heteroatoms. The first-order valence-electron chi connectivity index (χ1n) is 7.42. The second kappa shape index (κ2) is 6.56. The average molecular weight is 342 g/mol. The van der Waals surface area contributed by atoms with Crippen LogP contribution in [0, 0.1) is 12.7 Å². The summed E-state index contributed by atoms with van der Waals surface area (Å²) in [7, 11) is 29.0. The van der Waals surface area contributed by atoms with Crippen LogP contribution in [-0.2, 0) is 20.9 Å². The number of nitrogens with zero attached hydrogens (tertiary/aromatic N) is 1. The number of nitrogens with two attached hydrogens (primary N) is 1. The van der Waals surface area contributed by atoms with Crippen LogP contribution in [0.15, 0.2) is 0 Å². The van der Waals surface area contributed by atoms with Gasteiger partial charge in [-0.1, -0.05) is 10.7 Å². The van der Waals surface area contributed by atoms with Gasteiger partial charge in [0.1, 0.15) is 29.4 Å². The smallest absolute Gasteiger partial charge is 0.241 e. The maximum Gasteiger partial charge on any atom is 0.241 e. The largest absolute Gasteiger partial charge is 0.399 e. The molecule has 0 aliphatic carbocycles. The van der Waals surface area contributed by atoms with E-state index in [-0.39, 0.29) is 28.7 Å². The van der Waals surface area contributed by atoms with Crippen LogP contribution < -0.4 is 22.0 Å². The predicted octanol–water partition coefficient (Wildman–Crippen LogP) is -3.37. The number of carbonyl (C=O) groups excluding carboxylic acids is 3. The van der Waals surface area contributed by atoms with Gasteiger partial charge in [0.25, 0.3) is 0 Å². The molecular formula is C14H11B5FN3O3. The monoisotopic (exact) mass is 343 g/mol. The molecule has 1 fully saturated rings. The van der Waals surface area contributed by atoms with Crippen molar-refractivity contribution in [1.82, 2.24) is 10.2 Å². The van der Waals surface area contributed by atoms with Crippen LogP contribution in [-0.4, -0.2) is 67.8 Å². The van der Waals surface area contributed by atoms with E-state index < -0.39 is 46.7 Å². The van der Waals surface area contributed by atoms with Gasteiger partial charge in [0.05, 0.1) is 21.1 Å². The summed E-state index contributed by atoms with van der Waals surface area (Å²) < 4.78 is 13.9. The molecule has 1 aromatic rings. The second-order valence-electron chi connectivity index (χ2n) is 6.25. The second-order valence-corrected chi connectivity index (χ2v) is 6.25. The molecule has 1 aliphatic heterocycles. The average Bonchev–Trinajstić information content (AvgIpc) is 2.56. The van der Waals surface area contributed by atoms with E-state index in [0.717, 1.165) is 4.90 Å². The molecule has 1 aliphatic rings. The molecule has 1 unspecified atom stereocenters. The first-order valence-corrected chi connectivity index (χ1v) is 7.42. The van der Waals surface area contributed by atoms with Gasteiger partial charge in [-0.25, -0.2) is 4.39 Å². The zero-order valence-corrected chi connectivity index (χ0v) is 14.0. The highest BCUT2D eigenvalue weighted by Gasteiger charge is 2.53. The van der Waals surface area contributed by atoms with Crippen molar-refractivity contribution in [3.8, 4) is 0 Å². The molecule has 0 bridgehead atoms. The maximum absolute atomic E-state index is 13.9. The third-order valence-corrected chi connectivity index (χ3v) is 4.62. The summed E-state index contributed by atoms with van der Waals surface area (Å²) >= 11 is 0. The highest BCUT2D eigenvalue weighted by atomic mass is 19.1. The topological polar surface area (TPSA) is 92.5 Å². The van der Waals surface area contributed by atoms with Crippen molar-refractivity contribution in [3.05, 3.63) is 16.9 Å². The molecule has 2 rings (SSSR count). The SMILES string of the molecule is [B]c1c(C)c(CN(C=O)C2([B])C(=O)NC(=O)CC2([B])[B])c(N)c([B])c1F. The Labute approximate surface area is 156 Å². The number of benzene rings is 1. The summed E-state index contributed by atoms with van der Waals surface area (Å²) in [5.41, 5.74) is 3.08. The van der Waals surface area contributed by atoms with Crippen LogP contribution in [0.4, 0.5) is 10.1 Å². The van der Waals surface area contributed by atoms with Crippen LogP contribution in [0.1, 0.15) is 17.5 Å². The van der Waals surface area contributed by atoms with Crippen LogP contribution in [0.3, 0.4) is 0 Å². The lowest BCUT2D eigenvalue weighted by atomic mass is 9.36. The lowest BCUT2D eigenvalue weighted by molar-refractivity contribution is -0.144. The molecule has 1 saturated heterocycles. The Bertz CT molecular complexity index is 791. The zero-order valence-electron chi connectivity index (χ0n) is 14.0. The van der Waals surface area contributed by atoms with Crippen molar-refractivity contribution in [3.63, 3.8) is 0 Å². The quantitative estimate of drug-likeness (QED) is 0.259. The Morgan fingerprint density at radius 1 is 1.27 bits per heavy atom. The number of imide groups is 1. The number of anilines is 1. The first-order chi connectivity index (χ1) is 11.9. The van der Waals surface area contributed by atoms with Gasteiger partial charge in [-0.15, -0.1) is 0 Å². The van der Waals surface area contributed by atoms with Crippen molar-refractivity contribution in [1.29, 1.82) is 0 Å². The highest BCUT2D eigenvalue weighted by Crippen LogP contribution is 2.41. The number of hydrogen-bond donors (Lipinski definition) is 2. The van der Waals surface area contributed by atoms with Crippen LogP contribution in [0.2, 0.25) is 5.21 Å². The fraction of sp³-hybridized carbons (Fsp3) is 0.357.